The molecule has 6 aliphatic rings. The van der Waals surface area contributed by atoms with Crippen LogP contribution < -0.4 is 10.4 Å². The van der Waals surface area contributed by atoms with Gasteiger partial charge in [0.15, 0.2) is 35.0 Å². The molecular formula is C44H24N8Sn. The van der Waals surface area contributed by atoms with E-state index < -0.39 is 0 Å². The van der Waals surface area contributed by atoms with E-state index >= 15 is 0 Å². The maximum absolute atomic E-state index is 5.22. The molecule has 2 unspecified atom stereocenters. The normalized spacial score (nSPS) is 19.6. The molecule has 5 aliphatic heterocycles. The van der Waals surface area contributed by atoms with Crippen LogP contribution in [0, 0.1) is 11.8 Å². The van der Waals surface area contributed by atoms with Crippen molar-refractivity contribution in [2.45, 2.75) is 0 Å². The largest absolute Gasteiger partial charge is 0.217 e. The second kappa shape index (κ2) is 11.4. The quantitative estimate of drug-likeness (QED) is 0.136. The fourth-order valence-electron chi connectivity index (χ4n) is 8.06. The van der Waals surface area contributed by atoms with Crippen LogP contribution in [0.4, 0.5) is 0 Å². The average Bonchev–Trinajstić information content (AvgIpc) is 3.91. The molecule has 4 radical (unpaired) electrons. The number of hydrogen-bond acceptors (Lipinski definition) is 8. The van der Waals surface area contributed by atoms with Crippen LogP contribution in [-0.2, 0) is 0 Å². The zero-order valence-electron chi connectivity index (χ0n) is 27.9. The minimum absolute atomic E-state index is 0. The fraction of sp³-hybridized carbons (Fsp3) is 0.0455. The maximum Gasteiger partial charge on any atom is 0.164 e. The molecule has 0 spiro atoms. The maximum atomic E-state index is 5.22. The van der Waals surface area contributed by atoms with E-state index in [4.69, 9.17) is 39.9 Å². The molecule has 6 aromatic rings. The van der Waals surface area contributed by atoms with Crippen molar-refractivity contribution in [3.8, 4) is 0 Å². The Morgan fingerprint density at radius 3 is 1.02 bits per heavy atom. The Kier molecular flexibility index (Phi) is 6.51. The first-order chi connectivity index (χ1) is 25.7. The number of benzene rings is 6. The topological polar surface area (TPSA) is 98.9 Å². The van der Waals surface area contributed by atoms with Crippen molar-refractivity contribution in [1.82, 2.24) is 0 Å². The molecule has 0 N–H and O–H groups in total. The Balaban J connectivity index is 0.00000331. The SMILES string of the molecule is C1=c2cc3cc4ccccc4cc3cc2=CC2C3=NC(=NC4=NC(=NC5=NC(=NC6=NC(=N3)c3ccccc36)c3ccccc35)c3ccccc34)C12.[Sn]. The van der Waals surface area contributed by atoms with Gasteiger partial charge in [-0.3, -0.25) is 0 Å². The zero-order chi connectivity index (χ0) is 33.9. The number of fused-ring (bicyclic) bond motifs is 19. The summed E-state index contributed by atoms with van der Waals surface area (Å²) in [6.07, 6.45) is 4.59. The first-order valence-corrected chi connectivity index (χ1v) is 17.4. The van der Waals surface area contributed by atoms with Gasteiger partial charge in [-0.05, 0) is 56.2 Å². The van der Waals surface area contributed by atoms with E-state index in [0.29, 0.717) is 46.7 Å². The molecule has 53 heavy (non-hydrogen) atoms. The third-order valence-electron chi connectivity index (χ3n) is 10.6. The second-order valence-electron chi connectivity index (χ2n) is 13.6. The van der Waals surface area contributed by atoms with E-state index in [-0.39, 0.29) is 35.7 Å². The van der Waals surface area contributed by atoms with Crippen LogP contribution in [0.2, 0.25) is 0 Å². The van der Waals surface area contributed by atoms with Gasteiger partial charge in [0.05, 0.1) is 11.8 Å². The molecule has 0 fully saturated rings. The number of nitrogens with zero attached hydrogens (tertiary/aromatic N) is 8. The Labute approximate surface area is 319 Å². The fourth-order valence-corrected chi connectivity index (χ4v) is 8.06. The molecule has 6 aromatic carbocycles. The number of rotatable bonds is 0. The van der Waals surface area contributed by atoms with Crippen LogP contribution in [0.3, 0.4) is 0 Å². The zero-order valence-corrected chi connectivity index (χ0v) is 30.8. The Morgan fingerprint density at radius 2 is 0.623 bits per heavy atom. The molecule has 0 amide bonds. The van der Waals surface area contributed by atoms with Gasteiger partial charge < -0.3 is 0 Å². The van der Waals surface area contributed by atoms with E-state index in [1.807, 2.05) is 72.8 Å². The minimum Gasteiger partial charge on any atom is -0.217 e. The second-order valence-corrected chi connectivity index (χ2v) is 13.6. The van der Waals surface area contributed by atoms with E-state index in [1.54, 1.807) is 0 Å². The van der Waals surface area contributed by atoms with Gasteiger partial charge in [-0.25, -0.2) is 39.9 Å². The van der Waals surface area contributed by atoms with Gasteiger partial charge >= 0.3 is 0 Å². The van der Waals surface area contributed by atoms with Gasteiger partial charge in [-0.15, -0.1) is 0 Å². The third-order valence-corrected chi connectivity index (χ3v) is 10.6. The van der Waals surface area contributed by atoms with Gasteiger partial charge in [-0.2, -0.15) is 0 Å². The Morgan fingerprint density at radius 1 is 0.302 bits per heavy atom. The molecule has 9 heteroatoms. The molecule has 1 aliphatic carbocycles. The van der Waals surface area contributed by atoms with Gasteiger partial charge in [-0.1, -0.05) is 109 Å². The monoisotopic (exact) mass is 784 g/mol. The summed E-state index contributed by atoms with van der Waals surface area (Å²) < 4.78 is 0. The molecular weight excluding hydrogens is 759 g/mol. The predicted molar refractivity (Wildman–Crippen MR) is 216 cm³/mol. The summed E-state index contributed by atoms with van der Waals surface area (Å²) in [5.41, 5.74) is 5.40. The minimum atomic E-state index is -0.149. The number of amidine groups is 8. The summed E-state index contributed by atoms with van der Waals surface area (Å²) in [6.45, 7) is 0. The third kappa shape index (κ3) is 4.61. The predicted octanol–water partition coefficient (Wildman–Crippen LogP) is 5.86. The molecule has 0 saturated heterocycles. The Hall–Kier alpha value is -6.26. The summed E-state index contributed by atoms with van der Waals surface area (Å²) in [7, 11) is 0. The first-order valence-electron chi connectivity index (χ1n) is 17.4. The van der Waals surface area contributed by atoms with E-state index in [0.717, 1.165) is 43.8 Å². The van der Waals surface area contributed by atoms with Crippen LogP contribution >= 0.6 is 0 Å². The molecule has 244 valence electrons. The van der Waals surface area contributed by atoms with Crippen molar-refractivity contribution in [1.29, 1.82) is 0 Å². The van der Waals surface area contributed by atoms with Crippen molar-refractivity contribution in [3.63, 3.8) is 0 Å². The van der Waals surface area contributed by atoms with Gasteiger partial charge in [0.1, 0.15) is 11.7 Å². The van der Waals surface area contributed by atoms with E-state index in [1.165, 1.54) is 21.5 Å². The van der Waals surface area contributed by atoms with Crippen molar-refractivity contribution in [2.75, 3.05) is 0 Å². The van der Waals surface area contributed by atoms with Gasteiger partial charge in [0, 0.05) is 57.3 Å². The molecule has 0 aromatic heterocycles. The summed E-state index contributed by atoms with van der Waals surface area (Å²) in [5.74, 6) is 4.39. The molecule has 12 rings (SSSR count). The van der Waals surface area contributed by atoms with Gasteiger partial charge in [0.25, 0.3) is 0 Å². The first kappa shape index (κ1) is 30.4. The molecule has 5 heterocycles. The van der Waals surface area contributed by atoms with E-state index in [2.05, 4.69) is 60.7 Å². The van der Waals surface area contributed by atoms with Crippen molar-refractivity contribution < 1.29 is 0 Å². The molecule has 8 nitrogen and oxygen atoms in total. The van der Waals surface area contributed by atoms with Crippen molar-refractivity contribution in [2.24, 2.45) is 51.8 Å². The van der Waals surface area contributed by atoms with Crippen molar-refractivity contribution in [3.05, 3.63) is 165 Å². The standard InChI is InChI=1S/C44H24N8.Sn/c1-2-10-24-18-26-20-28-22-36-35(21-27(28)19-25(26)17-23(24)9-1)43-50-41-33-15-7-5-13-31(33)39(48-41)46-37-29-11-3-4-12-30(29)38(45-37)47-40-32-14-6-8-16-34(32)42(49-40)51-44(36)52-43;/h1-22,35-36H;. The molecule has 8 bridgehead atoms. The summed E-state index contributed by atoms with van der Waals surface area (Å²) in [6, 6.07) is 41.8. The summed E-state index contributed by atoms with van der Waals surface area (Å²) in [4.78, 5) is 40.7. The van der Waals surface area contributed by atoms with Crippen LogP contribution in [0.5, 0.6) is 0 Å². The van der Waals surface area contributed by atoms with Crippen LogP contribution in [0.15, 0.2) is 161 Å². The van der Waals surface area contributed by atoms with Crippen LogP contribution in [0.25, 0.3) is 33.7 Å². The average molecular weight is 783 g/mol. The van der Waals surface area contributed by atoms with Crippen LogP contribution in [0.1, 0.15) is 33.4 Å². The van der Waals surface area contributed by atoms with Gasteiger partial charge in [0.2, 0.25) is 0 Å². The number of hydrogen-bond donors (Lipinski definition) is 0. The molecule has 0 saturated carbocycles. The smallest absolute Gasteiger partial charge is 0.164 e. The van der Waals surface area contributed by atoms with Crippen LogP contribution in [-0.4, -0.2) is 70.6 Å². The van der Waals surface area contributed by atoms with Crippen molar-refractivity contribution >= 4 is 104 Å². The van der Waals surface area contributed by atoms with E-state index in [9.17, 15) is 0 Å². The number of aliphatic imine (C=N–C) groups is 8. The Bertz CT molecular complexity index is 3090. The molecule has 2 atom stereocenters. The summed E-state index contributed by atoms with van der Waals surface area (Å²) in [5, 5.41) is 7.14. The summed E-state index contributed by atoms with van der Waals surface area (Å²) >= 11 is 0.